The van der Waals surface area contributed by atoms with Crippen LogP contribution in [0.2, 0.25) is 0 Å². The third kappa shape index (κ3) is 4.44. The van der Waals surface area contributed by atoms with Gasteiger partial charge in [-0.1, -0.05) is 12.1 Å². The third-order valence-electron chi connectivity index (χ3n) is 5.06. The maximum atomic E-state index is 12.7. The number of nitrogens with zero attached hydrogens (tertiary/aromatic N) is 3. The second kappa shape index (κ2) is 9.06. The molecular formula is C22H28N4OS. The number of aromatic nitrogens is 2. The van der Waals surface area contributed by atoms with E-state index < -0.39 is 0 Å². The Hall–Kier alpha value is -2.60. The molecule has 0 aliphatic heterocycles. The van der Waals surface area contributed by atoms with E-state index in [2.05, 4.69) is 51.1 Å². The van der Waals surface area contributed by atoms with E-state index in [0.717, 1.165) is 48.0 Å². The van der Waals surface area contributed by atoms with Crippen molar-refractivity contribution in [2.45, 2.75) is 40.8 Å². The number of rotatable bonds is 8. The van der Waals surface area contributed by atoms with E-state index in [1.54, 1.807) is 11.3 Å². The number of hydrogen-bond donors (Lipinski definition) is 1. The van der Waals surface area contributed by atoms with Crippen molar-refractivity contribution in [3.05, 3.63) is 69.3 Å². The number of carbonyl (C=O) groups is 1. The van der Waals surface area contributed by atoms with Gasteiger partial charge >= 0.3 is 0 Å². The zero-order valence-electron chi connectivity index (χ0n) is 17.0. The van der Waals surface area contributed by atoms with Crippen LogP contribution in [0, 0.1) is 13.8 Å². The van der Waals surface area contributed by atoms with Gasteiger partial charge in [-0.25, -0.2) is 4.98 Å². The van der Waals surface area contributed by atoms with Gasteiger partial charge in [-0.05, 0) is 56.8 Å². The van der Waals surface area contributed by atoms with Gasteiger partial charge in [0.1, 0.15) is 5.82 Å². The molecule has 0 fully saturated rings. The van der Waals surface area contributed by atoms with E-state index in [1.807, 2.05) is 38.2 Å². The van der Waals surface area contributed by atoms with Crippen LogP contribution in [0.5, 0.6) is 0 Å². The van der Waals surface area contributed by atoms with E-state index in [9.17, 15) is 4.79 Å². The molecule has 1 amide bonds. The van der Waals surface area contributed by atoms with Gasteiger partial charge in [0.25, 0.3) is 5.91 Å². The van der Waals surface area contributed by atoms with Gasteiger partial charge in [0.2, 0.25) is 0 Å². The first-order chi connectivity index (χ1) is 13.5. The maximum Gasteiger partial charge on any atom is 0.253 e. The first-order valence-electron chi connectivity index (χ1n) is 9.70. The predicted octanol–water partition coefficient (Wildman–Crippen LogP) is 4.39. The Bertz CT molecular complexity index is 909. The van der Waals surface area contributed by atoms with Gasteiger partial charge in [0, 0.05) is 42.1 Å². The summed E-state index contributed by atoms with van der Waals surface area (Å²) < 4.78 is 2.20. The lowest BCUT2D eigenvalue weighted by molar-refractivity contribution is 0.0950. The SMILES string of the molecule is CCN(CC)c1ccc(CNC(=O)c2cc(C)n(Cc3cccs3)c2C)cn1. The van der Waals surface area contributed by atoms with E-state index >= 15 is 0 Å². The summed E-state index contributed by atoms with van der Waals surface area (Å²) in [6, 6.07) is 10.2. The highest BCUT2D eigenvalue weighted by Crippen LogP contribution is 2.19. The average molecular weight is 397 g/mol. The summed E-state index contributed by atoms with van der Waals surface area (Å²) in [5.41, 5.74) is 3.83. The number of anilines is 1. The lowest BCUT2D eigenvalue weighted by Gasteiger charge is -2.19. The van der Waals surface area contributed by atoms with Gasteiger partial charge in [0.05, 0.1) is 12.1 Å². The topological polar surface area (TPSA) is 50.2 Å². The molecule has 148 valence electrons. The number of hydrogen-bond acceptors (Lipinski definition) is 4. The zero-order chi connectivity index (χ0) is 20.1. The molecule has 3 rings (SSSR count). The highest BCUT2D eigenvalue weighted by Gasteiger charge is 2.16. The molecule has 0 unspecified atom stereocenters. The minimum atomic E-state index is -0.0432. The fraction of sp³-hybridized carbons (Fsp3) is 0.364. The molecule has 0 saturated heterocycles. The quantitative estimate of drug-likeness (QED) is 0.614. The van der Waals surface area contributed by atoms with E-state index in [0.29, 0.717) is 6.54 Å². The van der Waals surface area contributed by atoms with Crippen molar-refractivity contribution in [2.24, 2.45) is 0 Å². The molecule has 0 aliphatic carbocycles. The monoisotopic (exact) mass is 396 g/mol. The Kier molecular flexibility index (Phi) is 6.52. The van der Waals surface area contributed by atoms with Crippen molar-refractivity contribution >= 4 is 23.1 Å². The zero-order valence-corrected chi connectivity index (χ0v) is 17.8. The van der Waals surface area contributed by atoms with E-state index in [4.69, 9.17) is 0 Å². The van der Waals surface area contributed by atoms with Gasteiger partial charge in [-0.3, -0.25) is 4.79 Å². The summed E-state index contributed by atoms with van der Waals surface area (Å²) in [6.07, 6.45) is 1.84. The molecule has 3 heterocycles. The Morgan fingerprint density at radius 1 is 1.21 bits per heavy atom. The van der Waals surface area contributed by atoms with Crippen molar-refractivity contribution < 1.29 is 4.79 Å². The number of carbonyl (C=O) groups excluding carboxylic acids is 1. The number of nitrogens with one attached hydrogen (secondary N) is 1. The average Bonchev–Trinajstić information content (AvgIpc) is 3.32. The van der Waals surface area contributed by atoms with Crippen molar-refractivity contribution in [1.29, 1.82) is 0 Å². The largest absolute Gasteiger partial charge is 0.357 e. The number of pyridine rings is 1. The van der Waals surface area contributed by atoms with Crippen LogP contribution in [0.15, 0.2) is 41.9 Å². The standard InChI is InChI=1S/C22H28N4OS/c1-5-25(6-2)21-10-9-18(13-23-21)14-24-22(27)20-12-16(3)26(17(20)4)15-19-8-7-11-28-19/h7-13H,5-6,14-15H2,1-4H3,(H,24,27). The maximum absolute atomic E-state index is 12.7. The van der Waals surface area contributed by atoms with E-state index in [-0.39, 0.29) is 5.91 Å². The minimum Gasteiger partial charge on any atom is -0.357 e. The summed E-state index contributed by atoms with van der Waals surface area (Å²) in [4.78, 5) is 20.7. The molecule has 3 aromatic heterocycles. The first-order valence-corrected chi connectivity index (χ1v) is 10.6. The van der Waals surface area contributed by atoms with Crippen LogP contribution >= 0.6 is 11.3 Å². The highest BCUT2D eigenvalue weighted by molar-refractivity contribution is 7.09. The Morgan fingerprint density at radius 2 is 2.00 bits per heavy atom. The second-order valence-electron chi connectivity index (χ2n) is 6.83. The molecule has 0 aromatic carbocycles. The second-order valence-corrected chi connectivity index (χ2v) is 7.86. The Labute approximate surface area is 171 Å². The van der Waals surface area contributed by atoms with Crippen molar-refractivity contribution in [3.63, 3.8) is 0 Å². The predicted molar refractivity (Wildman–Crippen MR) is 116 cm³/mol. The van der Waals surface area contributed by atoms with Crippen LogP contribution in [0.3, 0.4) is 0 Å². The van der Waals surface area contributed by atoms with Crippen LogP contribution in [0.4, 0.5) is 5.82 Å². The third-order valence-corrected chi connectivity index (χ3v) is 5.92. The van der Waals surface area contributed by atoms with Gasteiger partial charge in [-0.15, -0.1) is 11.3 Å². The minimum absolute atomic E-state index is 0.0432. The van der Waals surface area contributed by atoms with Crippen molar-refractivity contribution in [3.8, 4) is 0 Å². The number of amides is 1. The van der Waals surface area contributed by atoms with Crippen LogP contribution in [-0.2, 0) is 13.1 Å². The van der Waals surface area contributed by atoms with Gasteiger partial charge in [-0.2, -0.15) is 0 Å². The van der Waals surface area contributed by atoms with Crippen LogP contribution < -0.4 is 10.2 Å². The molecule has 28 heavy (non-hydrogen) atoms. The number of thiophene rings is 1. The molecule has 0 atom stereocenters. The summed E-state index contributed by atoms with van der Waals surface area (Å²) >= 11 is 1.73. The lowest BCUT2D eigenvalue weighted by atomic mass is 10.2. The first kappa shape index (κ1) is 20.1. The summed E-state index contributed by atoms with van der Waals surface area (Å²) in [7, 11) is 0. The van der Waals surface area contributed by atoms with E-state index in [1.165, 1.54) is 4.88 Å². The Morgan fingerprint density at radius 3 is 2.61 bits per heavy atom. The lowest BCUT2D eigenvalue weighted by Crippen LogP contribution is -2.24. The molecule has 0 bridgehead atoms. The van der Waals surface area contributed by atoms with Crippen molar-refractivity contribution in [2.75, 3.05) is 18.0 Å². The number of aryl methyl sites for hydroxylation is 1. The van der Waals surface area contributed by atoms with Crippen LogP contribution in [0.25, 0.3) is 0 Å². The van der Waals surface area contributed by atoms with Gasteiger partial charge in [0.15, 0.2) is 0 Å². The summed E-state index contributed by atoms with van der Waals surface area (Å²) in [5.74, 6) is 0.926. The van der Waals surface area contributed by atoms with Crippen molar-refractivity contribution in [1.82, 2.24) is 14.9 Å². The molecule has 3 aromatic rings. The summed E-state index contributed by atoms with van der Waals surface area (Å²) in [5, 5.41) is 5.11. The molecule has 6 heteroatoms. The normalized spacial score (nSPS) is 10.9. The highest BCUT2D eigenvalue weighted by atomic mass is 32.1. The molecule has 5 nitrogen and oxygen atoms in total. The van der Waals surface area contributed by atoms with Crippen LogP contribution in [0.1, 0.15) is 46.0 Å². The molecule has 0 saturated carbocycles. The molecule has 0 aliphatic rings. The van der Waals surface area contributed by atoms with Gasteiger partial charge < -0.3 is 14.8 Å². The Balaban J connectivity index is 1.65. The smallest absolute Gasteiger partial charge is 0.253 e. The molecule has 1 N–H and O–H groups in total. The molecule has 0 radical (unpaired) electrons. The molecular weight excluding hydrogens is 368 g/mol. The summed E-state index contributed by atoms with van der Waals surface area (Å²) in [6.45, 7) is 11.4. The molecule has 0 spiro atoms. The van der Waals surface area contributed by atoms with Crippen LogP contribution in [-0.4, -0.2) is 28.5 Å². The fourth-order valence-corrected chi connectivity index (χ4v) is 4.06. The fourth-order valence-electron chi connectivity index (χ4n) is 3.37.